The molecule has 2 rings (SSSR count). The van der Waals surface area contributed by atoms with Gasteiger partial charge < -0.3 is 10.6 Å². The summed E-state index contributed by atoms with van der Waals surface area (Å²) in [7, 11) is 0. The SMILES string of the molecule is CC(C)N1C(=O)C[C@H](NC(=O)C(=O)NC2CC2)C1=O. The normalized spacial score (nSPS) is 22.9. The van der Waals surface area contributed by atoms with Gasteiger partial charge in [0.2, 0.25) is 5.91 Å². The van der Waals surface area contributed by atoms with E-state index in [1.54, 1.807) is 13.8 Å². The first-order valence-corrected chi connectivity index (χ1v) is 6.37. The predicted molar refractivity (Wildman–Crippen MR) is 64.7 cm³/mol. The molecule has 19 heavy (non-hydrogen) atoms. The lowest BCUT2D eigenvalue weighted by Gasteiger charge is -2.19. The average Bonchev–Trinajstić information content (AvgIpc) is 3.06. The molecular weight excluding hydrogens is 250 g/mol. The zero-order valence-corrected chi connectivity index (χ0v) is 10.9. The van der Waals surface area contributed by atoms with Crippen molar-refractivity contribution in [2.75, 3.05) is 0 Å². The van der Waals surface area contributed by atoms with Crippen LogP contribution in [0, 0.1) is 0 Å². The minimum atomic E-state index is -0.924. The molecule has 0 radical (unpaired) electrons. The molecule has 7 nitrogen and oxygen atoms in total. The third kappa shape index (κ3) is 2.91. The molecule has 2 N–H and O–H groups in total. The Hall–Kier alpha value is -1.92. The van der Waals surface area contributed by atoms with Gasteiger partial charge in [0.25, 0.3) is 5.91 Å². The zero-order valence-electron chi connectivity index (χ0n) is 10.9. The molecule has 1 saturated heterocycles. The number of imide groups is 1. The van der Waals surface area contributed by atoms with Crippen molar-refractivity contribution < 1.29 is 19.2 Å². The summed E-state index contributed by atoms with van der Waals surface area (Å²) < 4.78 is 0. The van der Waals surface area contributed by atoms with E-state index in [1.165, 1.54) is 0 Å². The van der Waals surface area contributed by atoms with Crippen molar-refractivity contribution >= 4 is 23.6 Å². The number of amides is 4. The number of rotatable bonds is 3. The number of nitrogens with zero attached hydrogens (tertiary/aromatic N) is 1. The maximum atomic E-state index is 11.9. The molecule has 104 valence electrons. The van der Waals surface area contributed by atoms with Crippen LogP contribution in [0.1, 0.15) is 33.1 Å². The quantitative estimate of drug-likeness (QED) is 0.502. The van der Waals surface area contributed by atoms with E-state index in [2.05, 4.69) is 10.6 Å². The summed E-state index contributed by atoms with van der Waals surface area (Å²) in [6, 6.07) is -1.10. The van der Waals surface area contributed by atoms with Gasteiger partial charge in [-0.05, 0) is 26.7 Å². The van der Waals surface area contributed by atoms with Crippen molar-refractivity contribution in [2.45, 2.75) is 51.2 Å². The second-order valence-electron chi connectivity index (χ2n) is 5.17. The van der Waals surface area contributed by atoms with Crippen LogP contribution in [0.2, 0.25) is 0 Å². The van der Waals surface area contributed by atoms with Gasteiger partial charge in [-0.25, -0.2) is 0 Å². The lowest BCUT2D eigenvalue weighted by Crippen LogP contribution is -2.48. The topological polar surface area (TPSA) is 95.6 Å². The molecular formula is C12H17N3O4. The fraction of sp³-hybridized carbons (Fsp3) is 0.667. The third-order valence-electron chi connectivity index (χ3n) is 3.12. The Morgan fingerprint density at radius 2 is 1.74 bits per heavy atom. The van der Waals surface area contributed by atoms with Gasteiger partial charge in [0.15, 0.2) is 0 Å². The maximum absolute atomic E-state index is 11.9. The predicted octanol–water partition coefficient (Wildman–Crippen LogP) is -1.08. The molecule has 1 aliphatic carbocycles. The summed E-state index contributed by atoms with van der Waals surface area (Å²) in [4.78, 5) is 47.7. The standard InChI is InChI=1S/C12H17N3O4/c1-6(2)15-9(16)5-8(12(15)19)14-11(18)10(17)13-7-3-4-7/h6-8H,3-5H2,1-2H3,(H,13,17)(H,14,18)/t8-/m0/s1. The average molecular weight is 267 g/mol. The van der Waals surface area contributed by atoms with Crippen LogP contribution in [0.5, 0.6) is 0 Å². The van der Waals surface area contributed by atoms with Crippen LogP contribution >= 0.6 is 0 Å². The highest BCUT2D eigenvalue weighted by Crippen LogP contribution is 2.18. The molecule has 7 heteroatoms. The van der Waals surface area contributed by atoms with E-state index in [9.17, 15) is 19.2 Å². The summed E-state index contributed by atoms with van der Waals surface area (Å²) in [5.74, 6) is -2.38. The van der Waals surface area contributed by atoms with Gasteiger partial charge in [0.05, 0.1) is 6.42 Å². The minimum Gasteiger partial charge on any atom is -0.345 e. The summed E-state index contributed by atoms with van der Waals surface area (Å²) in [5, 5.41) is 4.84. The summed E-state index contributed by atoms with van der Waals surface area (Å²) in [6.07, 6.45) is 1.67. The van der Waals surface area contributed by atoms with E-state index in [0.717, 1.165) is 17.7 Å². The number of nitrogens with one attached hydrogen (secondary N) is 2. The van der Waals surface area contributed by atoms with Gasteiger partial charge in [-0.15, -0.1) is 0 Å². The second kappa shape index (κ2) is 4.99. The monoisotopic (exact) mass is 267 g/mol. The first-order valence-electron chi connectivity index (χ1n) is 6.37. The fourth-order valence-corrected chi connectivity index (χ4v) is 2.01. The molecule has 2 aliphatic rings. The van der Waals surface area contributed by atoms with Crippen LogP contribution in [0.25, 0.3) is 0 Å². The maximum Gasteiger partial charge on any atom is 0.309 e. The molecule has 1 atom stereocenters. The number of hydrogen-bond acceptors (Lipinski definition) is 4. The van der Waals surface area contributed by atoms with E-state index in [4.69, 9.17) is 0 Å². The smallest absolute Gasteiger partial charge is 0.309 e. The van der Waals surface area contributed by atoms with Gasteiger partial charge in [-0.3, -0.25) is 24.1 Å². The molecule has 4 amide bonds. The third-order valence-corrected chi connectivity index (χ3v) is 3.12. The molecule has 1 aliphatic heterocycles. The van der Waals surface area contributed by atoms with E-state index >= 15 is 0 Å². The Kier molecular flexibility index (Phi) is 3.55. The van der Waals surface area contributed by atoms with E-state index in [1.807, 2.05) is 0 Å². The molecule has 0 aromatic carbocycles. The molecule has 1 heterocycles. The van der Waals surface area contributed by atoms with Crippen LogP contribution in [-0.4, -0.2) is 46.7 Å². The van der Waals surface area contributed by atoms with Gasteiger partial charge >= 0.3 is 11.8 Å². The Morgan fingerprint density at radius 1 is 1.16 bits per heavy atom. The summed E-state index contributed by atoms with van der Waals surface area (Å²) in [6.45, 7) is 3.44. The molecule has 0 aromatic heterocycles. The largest absolute Gasteiger partial charge is 0.345 e. The van der Waals surface area contributed by atoms with Crippen molar-refractivity contribution in [2.24, 2.45) is 0 Å². The van der Waals surface area contributed by atoms with Gasteiger partial charge in [-0.2, -0.15) is 0 Å². The van der Waals surface area contributed by atoms with E-state index in [0.29, 0.717) is 0 Å². The number of likely N-dealkylation sites (tertiary alicyclic amines) is 1. The highest BCUT2D eigenvalue weighted by Gasteiger charge is 2.41. The first kappa shape index (κ1) is 13.5. The molecule has 0 unspecified atom stereocenters. The van der Waals surface area contributed by atoms with Crippen molar-refractivity contribution in [1.82, 2.24) is 15.5 Å². The van der Waals surface area contributed by atoms with Gasteiger partial charge in [0, 0.05) is 12.1 Å². The lowest BCUT2D eigenvalue weighted by atomic mass is 10.2. The minimum absolute atomic E-state index is 0.0753. The molecule has 1 saturated carbocycles. The van der Waals surface area contributed by atoms with Gasteiger partial charge in [0.1, 0.15) is 6.04 Å². The second-order valence-corrected chi connectivity index (χ2v) is 5.17. The lowest BCUT2D eigenvalue weighted by molar-refractivity contribution is -0.143. The molecule has 0 bridgehead atoms. The molecule has 0 spiro atoms. The van der Waals surface area contributed by atoms with Crippen LogP contribution in [-0.2, 0) is 19.2 Å². The fourth-order valence-electron chi connectivity index (χ4n) is 2.01. The van der Waals surface area contributed by atoms with Crippen LogP contribution < -0.4 is 10.6 Å². The van der Waals surface area contributed by atoms with Crippen LogP contribution in [0.4, 0.5) is 0 Å². The Balaban J connectivity index is 1.92. The zero-order chi connectivity index (χ0) is 14.2. The van der Waals surface area contributed by atoms with E-state index < -0.39 is 23.8 Å². The Labute approximate surface area is 110 Å². The van der Waals surface area contributed by atoms with Crippen molar-refractivity contribution in [1.29, 1.82) is 0 Å². The first-order chi connectivity index (χ1) is 8.90. The highest BCUT2D eigenvalue weighted by molar-refractivity contribution is 6.35. The van der Waals surface area contributed by atoms with Crippen molar-refractivity contribution in [3.63, 3.8) is 0 Å². The highest BCUT2D eigenvalue weighted by atomic mass is 16.2. The van der Waals surface area contributed by atoms with Crippen molar-refractivity contribution in [3.8, 4) is 0 Å². The van der Waals surface area contributed by atoms with Crippen LogP contribution in [0.3, 0.4) is 0 Å². The van der Waals surface area contributed by atoms with Crippen molar-refractivity contribution in [3.05, 3.63) is 0 Å². The number of hydrogen-bond donors (Lipinski definition) is 2. The Morgan fingerprint density at radius 3 is 2.21 bits per heavy atom. The number of carbonyl (C=O) groups is 4. The van der Waals surface area contributed by atoms with E-state index in [-0.39, 0.29) is 24.4 Å². The molecule has 2 fully saturated rings. The summed E-state index contributed by atoms with van der Waals surface area (Å²) >= 11 is 0. The van der Waals surface area contributed by atoms with Crippen LogP contribution in [0.15, 0.2) is 0 Å². The van der Waals surface area contributed by atoms with Gasteiger partial charge in [-0.1, -0.05) is 0 Å². The number of carbonyl (C=O) groups excluding carboxylic acids is 4. The molecule has 0 aromatic rings. The Bertz CT molecular complexity index is 442. The summed E-state index contributed by atoms with van der Waals surface area (Å²) in [5.41, 5.74) is 0.